The van der Waals surface area contributed by atoms with Gasteiger partial charge in [-0.1, -0.05) is 44.7 Å². The van der Waals surface area contributed by atoms with Gasteiger partial charge < -0.3 is 11.5 Å². The summed E-state index contributed by atoms with van der Waals surface area (Å²) in [6.07, 6.45) is 3.02. The van der Waals surface area contributed by atoms with E-state index in [0.717, 1.165) is 24.8 Å². The molecule has 0 radical (unpaired) electrons. The summed E-state index contributed by atoms with van der Waals surface area (Å²) in [4.78, 5) is 0. The minimum Gasteiger partial charge on any atom is -0.324 e. The first kappa shape index (κ1) is 13.3. The van der Waals surface area contributed by atoms with Gasteiger partial charge in [-0.2, -0.15) is 0 Å². The zero-order chi connectivity index (χ0) is 13.3. The molecule has 0 spiro atoms. The van der Waals surface area contributed by atoms with Crippen LogP contribution in [0.5, 0.6) is 0 Å². The first-order valence-corrected chi connectivity index (χ1v) is 6.80. The smallest absolute Gasteiger partial charge is 0.0640 e. The van der Waals surface area contributed by atoms with Gasteiger partial charge in [-0.25, -0.2) is 0 Å². The standard InChI is InChI=1S/C16H24N2/c1-11(2)13-7-4-5-8-14(13)16(18)10-6-9-15(17)12(16)3/h4-5,7-8,11,15H,3,6,9-10,17-18H2,1-2H3. The monoisotopic (exact) mass is 244 g/mol. The Balaban J connectivity index is 2.49. The van der Waals surface area contributed by atoms with Crippen molar-refractivity contribution in [3.05, 3.63) is 47.5 Å². The third kappa shape index (κ3) is 2.11. The quantitative estimate of drug-likeness (QED) is 0.786. The Hall–Kier alpha value is -1.12. The van der Waals surface area contributed by atoms with Gasteiger partial charge in [0.2, 0.25) is 0 Å². The highest BCUT2D eigenvalue weighted by Gasteiger charge is 2.38. The molecule has 0 aliphatic heterocycles. The molecular formula is C16H24N2. The van der Waals surface area contributed by atoms with Crippen molar-refractivity contribution in [2.75, 3.05) is 0 Å². The Morgan fingerprint density at radius 1 is 1.33 bits per heavy atom. The topological polar surface area (TPSA) is 52.0 Å². The minimum atomic E-state index is -0.446. The Kier molecular flexibility index (Phi) is 3.60. The summed E-state index contributed by atoms with van der Waals surface area (Å²) >= 11 is 0. The van der Waals surface area contributed by atoms with Crippen LogP contribution >= 0.6 is 0 Å². The lowest BCUT2D eigenvalue weighted by atomic mass is 9.70. The van der Waals surface area contributed by atoms with E-state index in [2.05, 4.69) is 44.7 Å². The molecule has 0 heterocycles. The second-order valence-electron chi connectivity index (χ2n) is 5.74. The number of rotatable bonds is 2. The molecule has 1 aromatic rings. The zero-order valence-corrected chi connectivity index (χ0v) is 11.4. The van der Waals surface area contributed by atoms with Crippen LogP contribution in [-0.2, 0) is 5.54 Å². The third-order valence-corrected chi connectivity index (χ3v) is 4.17. The van der Waals surface area contributed by atoms with Gasteiger partial charge in [0.25, 0.3) is 0 Å². The predicted octanol–water partition coefficient (Wildman–Crippen LogP) is 3.03. The van der Waals surface area contributed by atoms with Gasteiger partial charge in [-0.3, -0.25) is 0 Å². The molecule has 0 amide bonds. The van der Waals surface area contributed by atoms with E-state index in [1.807, 2.05) is 0 Å². The van der Waals surface area contributed by atoms with Gasteiger partial charge in [-0.05, 0) is 41.9 Å². The van der Waals surface area contributed by atoms with E-state index in [9.17, 15) is 0 Å². The van der Waals surface area contributed by atoms with Crippen molar-refractivity contribution in [3.8, 4) is 0 Å². The lowest BCUT2D eigenvalue weighted by Crippen LogP contribution is -2.48. The molecule has 0 bridgehead atoms. The van der Waals surface area contributed by atoms with Gasteiger partial charge in [0.15, 0.2) is 0 Å². The highest BCUT2D eigenvalue weighted by molar-refractivity contribution is 5.43. The normalized spacial score (nSPS) is 28.7. The van der Waals surface area contributed by atoms with Crippen molar-refractivity contribution in [2.24, 2.45) is 11.5 Å². The van der Waals surface area contributed by atoms with Crippen LogP contribution in [0.4, 0.5) is 0 Å². The van der Waals surface area contributed by atoms with Gasteiger partial charge in [0, 0.05) is 6.04 Å². The maximum Gasteiger partial charge on any atom is 0.0640 e. The van der Waals surface area contributed by atoms with E-state index in [4.69, 9.17) is 11.5 Å². The largest absolute Gasteiger partial charge is 0.324 e. The van der Waals surface area contributed by atoms with Crippen LogP contribution < -0.4 is 11.5 Å². The van der Waals surface area contributed by atoms with Crippen LogP contribution in [0.25, 0.3) is 0 Å². The molecule has 2 atom stereocenters. The molecule has 0 saturated heterocycles. The maximum atomic E-state index is 6.67. The Labute approximate surface area is 110 Å². The molecule has 1 aromatic carbocycles. The molecular weight excluding hydrogens is 220 g/mol. The molecule has 18 heavy (non-hydrogen) atoms. The maximum absolute atomic E-state index is 6.67. The van der Waals surface area contributed by atoms with Crippen molar-refractivity contribution >= 4 is 0 Å². The minimum absolute atomic E-state index is 0.0315. The summed E-state index contributed by atoms with van der Waals surface area (Å²) in [6, 6.07) is 8.47. The second kappa shape index (κ2) is 4.87. The number of benzene rings is 1. The molecule has 4 N–H and O–H groups in total. The predicted molar refractivity (Wildman–Crippen MR) is 77.4 cm³/mol. The molecule has 2 heteroatoms. The molecule has 1 aliphatic rings. The molecule has 0 aromatic heterocycles. The molecule has 2 rings (SSSR count). The van der Waals surface area contributed by atoms with Crippen LogP contribution in [0, 0.1) is 0 Å². The van der Waals surface area contributed by atoms with E-state index in [-0.39, 0.29) is 6.04 Å². The van der Waals surface area contributed by atoms with Crippen LogP contribution in [0.1, 0.15) is 50.2 Å². The lowest BCUT2D eigenvalue weighted by molar-refractivity contribution is 0.366. The van der Waals surface area contributed by atoms with Crippen molar-refractivity contribution in [3.63, 3.8) is 0 Å². The summed E-state index contributed by atoms with van der Waals surface area (Å²) in [5, 5.41) is 0. The molecule has 2 nitrogen and oxygen atoms in total. The fraction of sp³-hybridized carbons (Fsp3) is 0.500. The summed E-state index contributed by atoms with van der Waals surface area (Å²) in [5.41, 5.74) is 15.9. The van der Waals surface area contributed by atoms with Crippen LogP contribution in [0.2, 0.25) is 0 Å². The summed E-state index contributed by atoms with van der Waals surface area (Å²) < 4.78 is 0. The van der Waals surface area contributed by atoms with Crippen molar-refractivity contribution in [1.29, 1.82) is 0 Å². The van der Waals surface area contributed by atoms with Gasteiger partial charge in [0.1, 0.15) is 0 Å². The fourth-order valence-electron chi connectivity index (χ4n) is 2.98. The first-order chi connectivity index (χ1) is 8.47. The summed E-state index contributed by atoms with van der Waals surface area (Å²) in [7, 11) is 0. The Morgan fingerprint density at radius 2 is 2.00 bits per heavy atom. The van der Waals surface area contributed by atoms with Crippen molar-refractivity contribution in [1.82, 2.24) is 0 Å². The van der Waals surface area contributed by atoms with Crippen LogP contribution in [0.3, 0.4) is 0 Å². The van der Waals surface area contributed by atoms with E-state index in [0.29, 0.717) is 5.92 Å². The average Bonchev–Trinajstić information content (AvgIpc) is 2.36. The fourth-order valence-corrected chi connectivity index (χ4v) is 2.98. The highest BCUT2D eigenvalue weighted by atomic mass is 14.8. The van der Waals surface area contributed by atoms with Gasteiger partial charge in [-0.15, -0.1) is 0 Å². The van der Waals surface area contributed by atoms with E-state index >= 15 is 0 Å². The molecule has 1 saturated carbocycles. The number of nitrogens with two attached hydrogens (primary N) is 2. The van der Waals surface area contributed by atoms with Crippen molar-refractivity contribution in [2.45, 2.75) is 50.6 Å². The molecule has 1 aliphatic carbocycles. The zero-order valence-electron chi connectivity index (χ0n) is 11.4. The molecule has 1 fully saturated rings. The SMILES string of the molecule is C=C1C(N)CCCC1(N)c1ccccc1C(C)C. The molecule has 2 unspecified atom stereocenters. The Bertz CT molecular complexity index is 450. The first-order valence-electron chi connectivity index (χ1n) is 6.80. The number of hydrogen-bond acceptors (Lipinski definition) is 2. The van der Waals surface area contributed by atoms with E-state index in [1.54, 1.807) is 0 Å². The van der Waals surface area contributed by atoms with Crippen molar-refractivity contribution < 1.29 is 0 Å². The molecule has 98 valence electrons. The third-order valence-electron chi connectivity index (χ3n) is 4.17. The summed E-state index contributed by atoms with van der Waals surface area (Å²) in [5.74, 6) is 0.465. The van der Waals surface area contributed by atoms with Gasteiger partial charge >= 0.3 is 0 Å². The van der Waals surface area contributed by atoms with Gasteiger partial charge in [0.05, 0.1) is 5.54 Å². The van der Waals surface area contributed by atoms with E-state index in [1.165, 1.54) is 11.1 Å². The van der Waals surface area contributed by atoms with Crippen LogP contribution in [-0.4, -0.2) is 6.04 Å². The number of hydrogen-bond donors (Lipinski definition) is 2. The average molecular weight is 244 g/mol. The summed E-state index contributed by atoms with van der Waals surface area (Å²) in [6.45, 7) is 8.58. The van der Waals surface area contributed by atoms with E-state index < -0.39 is 5.54 Å². The Morgan fingerprint density at radius 3 is 2.67 bits per heavy atom. The lowest BCUT2D eigenvalue weighted by Gasteiger charge is -2.41. The van der Waals surface area contributed by atoms with Crippen LogP contribution in [0.15, 0.2) is 36.4 Å². The highest BCUT2D eigenvalue weighted by Crippen LogP contribution is 2.40. The second-order valence-corrected chi connectivity index (χ2v) is 5.74.